The van der Waals surface area contributed by atoms with E-state index < -0.39 is 28.7 Å². The molecule has 1 aliphatic rings. The number of benzene rings is 1. The van der Waals surface area contributed by atoms with Gasteiger partial charge >= 0.3 is 6.18 Å². The van der Waals surface area contributed by atoms with Crippen molar-refractivity contribution in [3.05, 3.63) is 52.2 Å². The lowest BCUT2D eigenvalue weighted by atomic mass is 10.2. The van der Waals surface area contributed by atoms with Crippen LogP contribution in [-0.4, -0.2) is 51.6 Å². The average Bonchev–Trinajstić information content (AvgIpc) is 3.40. The summed E-state index contributed by atoms with van der Waals surface area (Å²) in [6, 6.07) is 8.65. The summed E-state index contributed by atoms with van der Waals surface area (Å²) in [5, 5.41) is 3.70. The Morgan fingerprint density at radius 3 is 2.37 bits per heavy atom. The summed E-state index contributed by atoms with van der Waals surface area (Å²) in [5.41, 5.74) is -0.0493. The van der Waals surface area contributed by atoms with E-state index in [9.17, 15) is 26.4 Å². The lowest BCUT2D eigenvalue weighted by Crippen LogP contribution is -2.36. The molecule has 0 radical (unpaired) electrons. The number of halogens is 3. The molecule has 1 saturated heterocycles. The van der Waals surface area contributed by atoms with Crippen molar-refractivity contribution in [2.45, 2.75) is 30.0 Å². The van der Waals surface area contributed by atoms with Crippen molar-refractivity contribution in [3.8, 4) is 0 Å². The largest absolute Gasteiger partial charge is 0.405 e. The smallest absolute Gasteiger partial charge is 0.343 e. The van der Waals surface area contributed by atoms with Crippen LogP contribution in [0.5, 0.6) is 0 Å². The lowest BCUT2D eigenvalue weighted by Gasteiger charge is -2.26. The van der Waals surface area contributed by atoms with Gasteiger partial charge in [0, 0.05) is 17.0 Å². The standard InChI is InChI=1S/C19H22F3N3O3S2/c20-19(21,22)13-23-18(26)14-5-7-15(8-6-14)30(27,28)24-12-16(17-4-3-11-29-17)25-9-1-2-10-25/h3-8,11,16,24H,1-2,9-10,12-13H2,(H,23,26). The van der Waals surface area contributed by atoms with E-state index in [1.807, 2.05) is 17.5 Å². The van der Waals surface area contributed by atoms with E-state index in [1.54, 1.807) is 16.7 Å². The molecule has 1 aromatic carbocycles. The number of hydrogen-bond acceptors (Lipinski definition) is 5. The van der Waals surface area contributed by atoms with Gasteiger partial charge in [0.05, 0.1) is 10.9 Å². The first-order chi connectivity index (χ1) is 14.2. The normalized spacial score (nSPS) is 16.5. The van der Waals surface area contributed by atoms with Gasteiger partial charge < -0.3 is 5.32 Å². The number of amides is 1. The van der Waals surface area contributed by atoms with Crippen LogP contribution in [0.2, 0.25) is 0 Å². The van der Waals surface area contributed by atoms with E-state index in [-0.39, 0.29) is 23.0 Å². The molecule has 0 spiro atoms. The Kier molecular flexibility index (Phi) is 7.17. The predicted molar refractivity (Wildman–Crippen MR) is 108 cm³/mol. The molecule has 1 atom stereocenters. The topological polar surface area (TPSA) is 78.5 Å². The Balaban J connectivity index is 1.65. The second kappa shape index (κ2) is 9.46. The van der Waals surface area contributed by atoms with E-state index in [2.05, 4.69) is 9.62 Å². The molecular formula is C19H22F3N3O3S2. The van der Waals surface area contributed by atoms with Crippen molar-refractivity contribution in [1.29, 1.82) is 0 Å². The van der Waals surface area contributed by atoms with Crippen LogP contribution in [0.25, 0.3) is 0 Å². The minimum atomic E-state index is -4.52. The number of likely N-dealkylation sites (tertiary alicyclic amines) is 1. The third kappa shape index (κ3) is 6.03. The summed E-state index contributed by atoms with van der Waals surface area (Å²) in [7, 11) is -3.84. The van der Waals surface area contributed by atoms with Gasteiger partial charge in [-0.2, -0.15) is 13.2 Å². The summed E-state index contributed by atoms with van der Waals surface area (Å²) in [6.07, 6.45) is -2.36. The molecule has 1 fully saturated rings. The first kappa shape index (κ1) is 22.7. The van der Waals surface area contributed by atoms with Gasteiger partial charge in [0.25, 0.3) is 5.91 Å². The van der Waals surface area contributed by atoms with Crippen LogP contribution in [0.4, 0.5) is 13.2 Å². The maximum absolute atomic E-state index is 12.7. The van der Waals surface area contributed by atoms with Crippen LogP contribution < -0.4 is 10.0 Å². The monoisotopic (exact) mass is 461 g/mol. The summed E-state index contributed by atoms with van der Waals surface area (Å²) < 4.78 is 64.6. The van der Waals surface area contributed by atoms with Crippen LogP contribution in [0.15, 0.2) is 46.7 Å². The molecule has 164 valence electrons. The quantitative estimate of drug-likeness (QED) is 0.633. The summed E-state index contributed by atoms with van der Waals surface area (Å²) in [5.74, 6) is -0.920. The van der Waals surface area contributed by atoms with Gasteiger partial charge in [-0.3, -0.25) is 9.69 Å². The summed E-state index contributed by atoms with van der Waals surface area (Å²) >= 11 is 1.57. The number of thiophene rings is 1. The highest BCUT2D eigenvalue weighted by Gasteiger charge is 2.28. The third-order valence-electron chi connectivity index (χ3n) is 4.80. The molecule has 0 aliphatic carbocycles. The molecule has 1 aliphatic heterocycles. The molecule has 1 unspecified atom stereocenters. The van der Waals surface area contributed by atoms with Gasteiger partial charge in [-0.1, -0.05) is 6.07 Å². The SMILES string of the molecule is O=C(NCC(F)(F)F)c1ccc(S(=O)(=O)NCC(c2cccs2)N2CCCC2)cc1. The van der Waals surface area contributed by atoms with Gasteiger partial charge in [0.1, 0.15) is 6.54 Å². The average molecular weight is 462 g/mol. The number of carbonyl (C=O) groups is 1. The zero-order valence-electron chi connectivity index (χ0n) is 16.0. The molecule has 0 bridgehead atoms. The molecule has 1 aromatic heterocycles. The Morgan fingerprint density at radius 1 is 1.13 bits per heavy atom. The first-order valence-corrected chi connectivity index (χ1v) is 11.7. The van der Waals surface area contributed by atoms with Gasteiger partial charge in [0.15, 0.2) is 0 Å². The van der Waals surface area contributed by atoms with Crippen LogP contribution in [-0.2, 0) is 10.0 Å². The van der Waals surface area contributed by atoms with E-state index >= 15 is 0 Å². The number of rotatable bonds is 8. The minimum absolute atomic E-state index is 0.0493. The van der Waals surface area contributed by atoms with Crippen molar-refractivity contribution >= 4 is 27.3 Å². The molecule has 6 nitrogen and oxygen atoms in total. The maximum atomic E-state index is 12.7. The molecular weight excluding hydrogens is 439 g/mol. The molecule has 2 heterocycles. The van der Waals surface area contributed by atoms with Gasteiger partial charge in [0.2, 0.25) is 10.0 Å². The van der Waals surface area contributed by atoms with Crippen molar-refractivity contribution in [1.82, 2.24) is 14.9 Å². The fourth-order valence-corrected chi connectivity index (χ4v) is 5.18. The van der Waals surface area contributed by atoms with Crippen LogP contribution in [0.3, 0.4) is 0 Å². The van der Waals surface area contributed by atoms with E-state index in [1.165, 1.54) is 24.3 Å². The predicted octanol–water partition coefficient (Wildman–Crippen LogP) is 3.16. The maximum Gasteiger partial charge on any atom is 0.405 e. The van der Waals surface area contributed by atoms with Crippen LogP contribution in [0.1, 0.15) is 34.1 Å². The molecule has 2 N–H and O–H groups in total. The number of nitrogens with one attached hydrogen (secondary N) is 2. The molecule has 11 heteroatoms. The molecule has 0 saturated carbocycles. The van der Waals surface area contributed by atoms with Gasteiger partial charge in [-0.25, -0.2) is 13.1 Å². The van der Waals surface area contributed by atoms with Crippen molar-refractivity contribution in [2.24, 2.45) is 0 Å². The molecule has 2 aromatic rings. The number of hydrogen-bond donors (Lipinski definition) is 2. The van der Waals surface area contributed by atoms with Crippen molar-refractivity contribution < 1.29 is 26.4 Å². The second-order valence-corrected chi connectivity index (χ2v) is 9.69. The third-order valence-corrected chi connectivity index (χ3v) is 7.21. The van der Waals surface area contributed by atoms with E-state index in [0.717, 1.165) is 30.8 Å². The summed E-state index contributed by atoms with van der Waals surface area (Å²) in [6.45, 7) is 0.572. The van der Waals surface area contributed by atoms with Crippen molar-refractivity contribution in [3.63, 3.8) is 0 Å². The van der Waals surface area contributed by atoms with Crippen LogP contribution in [0, 0.1) is 0 Å². The fraction of sp³-hybridized carbons (Fsp3) is 0.421. The second-order valence-electron chi connectivity index (χ2n) is 6.95. The lowest BCUT2D eigenvalue weighted by molar-refractivity contribution is -0.123. The Bertz CT molecular complexity index is 940. The Hall–Kier alpha value is -1.95. The van der Waals surface area contributed by atoms with E-state index in [0.29, 0.717) is 0 Å². The van der Waals surface area contributed by atoms with E-state index in [4.69, 9.17) is 0 Å². The summed E-state index contributed by atoms with van der Waals surface area (Å²) in [4.78, 5) is 15.0. The van der Waals surface area contributed by atoms with Crippen molar-refractivity contribution in [2.75, 3.05) is 26.2 Å². The number of nitrogens with zero attached hydrogens (tertiary/aromatic N) is 1. The van der Waals surface area contributed by atoms with Gasteiger partial charge in [-0.15, -0.1) is 11.3 Å². The Morgan fingerprint density at radius 2 is 1.80 bits per heavy atom. The Labute approximate surface area is 177 Å². The number of alkyl halides is 3. The zero-order valence-corrected chi connectivity index (χ0v) is 17.6. The molecule has 1 amide bonds. The highest BCUT2D eigenvalue weighted by Crippen LogP contribution is 2.28. The number of sulfonamides is 1. The number of carbonyl (C=O) groups excluding carboxylic acids is 1. The first-order valence-electron chi connectivity index (χ1n) is 9.38. The fourth-order valence-electron chi connectivity index (χ4n) is 3.28. The highest BCUT2D eigenvalue weighted by atomic mass is 32.2. The molecule has 3 rings (SSSR count). The molecule has 30 heavy (non-hydrogen) atoms. The highest BCUT2D eigenvalue weighted by molar-refractivity contribution is 7.89. The van der Waals surface area contributed by atoms with Crippen LogP contribution >= 0.6 is 11.3 Å². The van der Waals surface area contributed by atoms with Gasteiger partial charge in [-0.05, 0) is 61.6 Å². The minimum Gasteiger partial charge on any atom is -0.343 e. The zero-order chi connectivity index (χ0) is 21.8.